The molecule has 0 radical (unpaired) electrons. The van der Waals surface area contributed by atoms with E-state index in [0.29, 0.717) is 12.5 Å². The van der Waals surface area contributed by atoms with Crippen molar-refractivity contribution in [1.29, 1.82) is 0 Å². The van der Waals surface area contributed by atoms with Crippen LogP contribution in [0.1, 0.15) is 52.4 Å². The Morgan fingerprint density at radius 1 is 1.33 bits per heavy atom. The van der Waals surface area contributed by atoms with E-state index in [1.165, 1.54) is 6.42 Å². The highest BCUT2D eigenvalue weighted by Gasteiger charge is 2.33. The summed E-state index contributed by atoms with van der Waals surface area (Å²) in [5, 5.41) is 0. The van der Waals surface area contributed by atoms with Crippen LogP contribution in [0.2, 0.25) is 0 Å². The van der Waals surface area contributed by atoms with Gasteiger partial charge in [-0.15, -0.1) is 0 Å². The number of hydrogen-bond acceptors (Lipinski definition) is 2. The first-order valence-electron chi connectivity index (χ1n) is 5.99. The molecule has 0 saturated heterocycles. The third kappa shape index (κ3) is 4.67. The summed E-state index contributed by atoms with van der Waals surface area (Å²) < 4.78 is 17.1. The Morgan fingerprint density at radius 3 is 2.47 bits per heavy atom. The molecule has 0 bridgehead atoms. The Balaban J connectivity index is 2.32. The van der Waals surface area contributed by atoms with Gasteiger partial charge in [0.05, 0.1) is 12.3 Å². The summed E-state index contributed by atoms with van der Waals surface area (Å²) >= 11 is 0. The fourth-order valence-electron chi connectivity index (χ4n) is 1.93. The summed E-state index contributed by atoms with van der Waals surface area (Å²) in [5.74, 6) is 0.524. The van der Waals surface area contributed by atoms with Crippen LogP contribution in [0.3, 0.4) is 0 Å². The molecule has 0 spiro atoms. The highest BCUT2D eigenvalue weighted by Crippen LogP contribution is 2.52. The molecule has 0 aromatic rings. The Kier molecular flexibility index (Phi) is 5.31. The Bertz CT molecular complexity index is 222. The van der Waals surface area contributed by atoms with E-state index in [4.69, 9.17) is 4.52 Å². The second-order valence-corrected chi connectivity index (χ2v) is 6.99. The molecule has 0 heterocycles. The van der Waals surface area contributed by atoms with Crippen molar-refractivity contribution in [3.63, 3.8) is 0 Å². The summed E-state index contributed by atoms with van der Waals surface area (Å²) in [5.41, 5.74) is -0.0987. The zero-order valence-electron chi connectivity index (χ0n) is 9.82. The van der Waals surface area contributed by atoms with Gasteiger partial charge in [-0.2, -0.15) is 0 Å². The van der Waals surface area contributed by atoms with Gasteiger partial charge >= 0.3 is 7.60 Å². The van der Waals surface area contributed by atoms with Crippen LogP contribution in [0.25, 0.3) is 0 Å². The SMILES string of the molecule is CC(C)CCOP(=O)(O)C1CCCCC1. The maximum absolute atomic E-state index is 11.9. The molecule has 15 heavy (non-hydrogen) atoms. The standard InChI is InChI=1S/C11H23O3P/c1-10(2)8-9-14-15(12,13)11-6-4-3-5-7-11/h10-11H,3-9H2,1-2H3,(H,12,13). The molecular weight excluding hydrogens is 211 g/mol. The molecule has 90 valence electrons. The van der Waals surface area contributed by atoms with Crippen LogP contribution in [0, 0.1) is 5.92 Å². The summed E-state index contributed by atoms with van der Waals surface area (Å²) in [7, 11) is -3.32. The molecule has 0 aliphatic heterocycles. The normalized spacial score (nSPS) is 22.9. The molecular formula is C11H23O3P. The van der Waals surface area contributed by atoms with Crippen molar-refractivity contribution in [3.05, 3.63) is 0 Å². The lowest BCUT2D eigenvalue weighted by molar-refractivity contribution is 0.229. The van der Waals surface area contributed by atoms with Gasteiger partial charge in [-0.1, -0.05) is 33.1 Å². The molecule has 1 unspecified atom stereocenters. The minimum absolute atomic E-state index is 0.0987. The fraction of sp³-hybridized carbons (Fsp3) is 1.00. The van der Waals surface area contributed by atoms with E-state index in [1.807, 2.05) is 0 Å². The molecule has 0 aromatic carbocycles. The Hall–Kier alpha value is 0.150. The van der Waals surface area contributed by atoms with Crippen LogP contribution in [0.4, 0.5) is 0 Å². The lowest BCUT2D eigenvalue weighted by Gasteiger charge is -2.26. The number of rotatable bonds is 5. The van der Waals surface area contributed by atoms with Gasteiger partial charge in [-0.25, -0.2) is 0 Å². The average Bonchev–Trinajstić information content (AvgIpc) is 2.18. The van der Waals surface area contributed by atoms with Crippen molar-refractivity contribution >= 4 is 7.60 Å². The second-order valence-electron chi connectivity index (χ2n) is 4.87. The van der Waals surface area contributed by atoms with Crippen molar-refractivity contribution < 1.29 is 14.0 Å². The molecule has 1 rings (SSSR count). The summed E-state index contributed by atoms with van der Waals surface area (Å²) in [6.07, 6.45) is 5.91. The minimum Gasteiger partial charge on any atom is -0.324 e. The minimum atomic E-state index is -3.32. The fourth-order valence-corrected chi connectivity index (χ4v) is 3.53. The van der Waals surface area contributed by atoms with E-state index in [2.05, 4.69) is 13.8 Å². The molecule has 1 saturated carbocycles. The predicted molar refractivity (Wildman–Crippen MR) is 62.1 cm³/mol. The molecule has 1 aliphatic rings. The first-order valence-corrected chi connectivity index (χ1v) is 7.64. The molecule has 3 nitrogen and oxygen atoms in total. The lowest BCUT2D eigenvalue weighted by Crippen LogP contribution is -2.15. The predicted octanol–water partition coefficient (Wildman–Crippen LogP) is 3.57. The van der Waals surface area contributed by atoms with Gasteiger partial charge in [0.1, 0.15) is 0 Å². The van der Waals surface area contributed by atoms with Gasteiger partial charge in [-0.3, -0.25) is 4.57 Å². The molecule has 1 atom stereocenters. The van der Waals surface area contributed by atoms with Crippen molar-refractivity contribution in [2.45, 2.75) is 58.0 Å². The number of hydrogen-bond donors (Lipinski definition) is 1. The van der Waals surface area contributed by atoms with E-state index in [-0.39, 0.29) is 5.66 Å². The van der Waals surface area contributed by atoms with E-state index in [9.17, 15) is 9.46 Å². The van der Waals surface area contributed by atoms with E-state index in [0.717, 1.165) is 32.1 Å². The second kappa shape index (κ2) is 6.03. The first-order chi connectivity index (χ1) is 7.02. The van der Waals surface area contributed by atoms with Crippen molar-refractivity contribution in [2.24, 2.45) is 5.92 Å². The summed E-state index contributed by atoms with van der Waals surface area (Å²) in [4.78, 5) is 9.79. The van der Waals surface area contributed by atoms with Crippen LogP contribution in [-0.2, 0) is 9.09 Å². The summed E-state index contributed by atoms with van der Waals surface area (Å²) in [6.45, 7) is 4.60. The van der Waals surface area contributed by atoms with Crippen LogP contribution >= 0.6 is 7.60 Å². The quantitative estimate of drug-likeness (QED) is 0.740. The first kappa shape index (κ1) is 13.2. The zero-order chi connectivity index (χ0) is 11.3. The van der Waals surface area contributed by atoms with Gasteiger partial charge in [0.2, 0.25) is 0 Å². The topological polar surface area (TPSA) is 46.5 Å². The molecule has 0 amide bonds. The highest BCUT2D eigenvalue weighted by atomic mass is 31.2. The smallest absolute Gasteiger partial charge is 0.324 e. The molecule has 1 fully saturated rings. The van der Waals surface area contributed by atoms with E-state index >= 15 is 0 Å². The lowest BCUT2D eigenvalue weighted by atomic mass is 10.0. The summed E-state index contributed by atoms with van der Waals surface area (Å²) in [6, 6.07) is 0. The largest absolute Gasteiger partial charge is 0.331 e. The highest BCUT2D eigenvalue weighted by molar-refractivity contribution is 7.53. The third-order valence-corrected chi connectivity index (χ3v) is 5.00. The monoisotopic (exact) mass is 234 g/mol. The Morgan fingerprint density at radius 2 is 1.93 bits per heavy atom. The maximum atomic E-state index is 11.9. The van der Waals surface area contributed by atoms with E-state index in [1.54, 1.807) is 0 Å². The van der Waals surface area contributed by atoms with Gasteiger partial charge in [0, 0.05) is 0 Å². The molecule has 1 N–H and O–H groups in total. The van der Waals surface area contributed by atoms with Crippen LogP contribution in [0.15, 0.2) is 0 Å². The van der Waals surface area contributed by atoms with Gasteiger partial charge in [0.25, 0.3) is 0 Å². The average molecular weight is 234 g/mol. The van der Waals surface area contributed by atoms with Crippen molar-refractivity contribution in [1.82, 2.24) is 0 Å². The Labute approximate surface area is 92.8 Å². The van der Waals surface area contributed by atoms with E-state index < -0.39 is 7.60 Å². The van der Waals surface area contributed by atoms with Gasteiger partial charge in [-0.05, 0) is 25.2 Å². The van der Waals surface area contributed by atoms with Gasteiger partial charge < -0.3 is 9.42 Å². The third-order valence-electron chi connectivity index (χ3n) is 3.01. The van der Waals surface area contributed by atoms with Crippen LogP contribution in [-0.4, -0.2) is 17.2 Å². The van der Waals surface area contributed by atoms with Crippen molar-refractivity contribution in [2.75, 3.05) is 6.61 Å². The zero-order valence-corrected chi connectivity index (χ0v) is 10.7. The molecule has 1 aliphatic carbocycles. The van der Waals surface area contributed by atoms with Crippen molar-refractivity contribution in [3.8, 4) is 0 Å². The molecule has 0 aromatic heterocycles. The molecule has 4 heteroatoms. The van der Waals surface area contributed by atoms with Crippen LogP contribution < -0.4 is 0 Å². The maximum Gasteiger partial charge on any atom is 0.331 e. The van der Waals surface area contributed by atoms with Gasteiger partial charge in [0.15, 0.2) is 0 Å². The van der Waals surface area contributed by atoms with Crippen LogP contribution in [0.5, 0.6) is 0 Å².